The Morgan fingerprint density at radius 3 is 2.50 bits per heavy atom. The highest BCUT2D eigenvalue weighted by molar-refractivity contribution is 6.30. The Morgan fingerprint density at radius 1 is 1.22 bits per heavy atom. The second-order valence-electron chi connectivity index (χ2n) is 4.54. The van der Waals surface area contributed by atoms with E-state index in [4.69, 9.17) is 11.6 Å². The van der Waals surface area contributed by atoms with Crippen molar-refractivity contribution in [2.45, 2.75) is 0 Å². The Morgan fingerprint density at radius 2 is 1.89 bits per heavy atom. The highest BCUT2D eigenvalue weighted by atomic mass is 35.5. The van der Waals surface area contributed by atoms with Gasteiger partial charge in [-0.2, -0.15) is 0 Å². The lowest BCUT2D eigenvalue weighted by Crippen LogP contribution is -2.17. The molecule has 0 fully saturated rings. The first-order valence-corrected chi connectivity index (χ1v) is 6.15. The van der Waals surface area contributed by atoms with Gasteiger partial charge in [-0.15, -0.1) is 0 Å². The molecule has 0 radical (unpaired) electrons. The lowest BCUT2D eigenvalue weighted by atomic mass is 10.0. The fourth-order valence-corrected chi connectivity index (χ4v) is 2.04. The Labute approximate surface area is 112 Å². The first kappa shape index (κ1) is 12.9. The van der Waals surface area contributed by atoms with Crippen molar-refractivity contribution >= 4 is 17.4 Å². The minimum absolute atomic E-state index is 0.0496. The molecule has 94 valence electrons. The van der Waals surface area contributed by atoms with Crippen LogP contribution in [0.5, 0.6) is 0 Å². The van der Waals surface area contributed by atoms with E-state index < -0.39 is 0 Å². The molecular weight excluding hydrogens is 246 g/mol. The van der Waals surface area contributed by atoms with E-state index in [-0.39, 0.29) is 5.76 Å². The predicted molar refractivity (Wildman–Crippen MR) is 74.1 cm³/mol. The topological polar surface area (TPSA) is 26.3 Å². The number of rotatable bonds is 3. The number of benzene rings is 1. The molecule has 0 heterocycles. The van der Waals surface area contributed by atoms with Crippen molar-refractivity contribution in [1.29, 1.82) is 0 Å². The van der Waals surface area contributed by atoms with Crippen LogP contribution in [0.1, 0.15) is 5.56 Å². The third-order valence-corrected chi connectivity index (χ3v) is 3.00. The van der Waals surface area contributed by atoms with Crippen molar-refractivity contribution in [1.82, 2.24) is 4.90 Å². The van der Waals surface area contributed by atoms with Crippen molar-refractivity contribution < 1.29 is 5.11 Å². The lowest BCUT2D eigenvalue weighted by Gasteiger charge is -2.20. The van der Waals surface area contributed by atoms with Gasteiger partial charge in [0.2, 0.25) is 0 Å². The zero-order valence-electron chi connectivity index (χ0n) is 10.5. The van der Waals surface area contributed by atoms with Gasteiger partial charge in [0.05, 0.1) is 0 Å². The van der Waals surface area contributed by atoms with Crippen LogP contribution >= 0.6 is 11.6 Å². The van der Waals surface area contributed by atoms with Crippen LogP contribution < -0.4 is 5.11 Å². The van der Waals surface area contributed by atoms with E-state index in [0.717, 1.165) is 17.7 Å². The number of nitrogens with zero attached hydrogens (tertiary/aromatic N) is 1. The van der Waals surface area contributed by atoms with Crippen LogP contribution in [0, 0.1) is 0 Å². The lowest BCUT2D eigenvalue weighted by molar-refractivity contribution is -0.244. The first-order chi connectivity index (χ1) is 8.58. The molecule has 0 saturated carbocycles. The van der Waals surface area contributed by atoms with E-state index in [0.29, 0.717) is 10.6 Å². The SMILES string of the molecule is CN(C)CC1=CC=C/C1=C(/[O-])c1ccc(Cl)cc1. The number of likely N-dealkylation sites (N-methyl/N-ethyl adjacent to an activating group) is 1. The number of hydrogen-bond acceptors (Lipinski definition) is 2. The molecular formula is C15H15ClNO-. The Hall–Kier alpha value is -1.51. The monoisotopic (exact) mass is 260 g/mol. The summed E-state index contributed by atoms with van der Waals surface area (Å²) in [4.78, 5) is 2.05. The van der Waals surface area contributed by atoms with Crippen LogP contribution in [0.25, 0.3) is 5.76 Å². The van der Waals surface area contributed by atoms with Crippen LogP contribution in [-0.2, 0) is 0 Å². The molecule has 1 aliphatic rings. The fourth-order valence-electron chi connectivity index (χ4n) is 1.91. The van der Waals surface area contributed by atoms with E-state index in [1.165, 1.54) is 0 Å². The van der Waals surface area contributed by atoms with Crippen molar-refractivity contribution in [3.8, 4) is 0 Å². The van der Waals surface area contributed by atoms with Gasteiger partial charge in [-0.1, -0.05) is 47.7 Å². The van der Waals surface area contributed by atoms with Gasteiger partial charge < -0.3 is 10.0 Å². The summed E-state index contributed by atoms with van der Waals surface area (Å²) in [6.07, 6.45) is 5.78. The molecule has 0 bridgehead atoms. The predicted octanol–water partition coefficient (Wildman–Crippen LogP) is 2.47. The second kappa shape index (κ2) is 5.42. The smallest absolute Gasteiger partial charge is 0.0406 e. The summed E-state index contributed by atoms with van der Waals surface area (Å²) in [5, 5.41) is 13.0. The molecule has 1 aliphatic carbocycles. The molecule has 0 amide bonds. The number of halogens is 1. The van der Waals surface area contributed by atoms with Crippen LogP contribution in [0.4, 0.5) is 0 Å². The van der Waals surface area contributed by atoms with Gasteiger partial charge in [0.15, 0.2) is 0 Å². The van der Waals surface area contributed by atoms with Crippen LogP contribution in [0.15, 0.2) is 53.6 Å². The second-order valence-corrected chi connectivity index (χ2v) is 4.97. The summed E-state index contributed by atoms with van der Waals surface area (Å²) in [7, 11) is 3.98. The summed E-state index contributed by atoms with van der Waals surface area (Å²) in [6, 6.07) is 7.00. The molecule has 0 unspecified atom stereocenters. The molecule has 1 aromatic rings. The van der Waals surface area contributed by atoms with E-state index >= 15 is 0 Å². The van der Waals surface area contributed by atoms with Gasteiger partial charge in [0.25, 0.3) is 0 Å². The van der Waals surface area contributed by atoms with Crippen LogP contribution in [0.2, 0.25) is 5.02 Å². The summed E-state index contributed by atoms with van der Waals surface area (Å²) < 4.78 is 0. The van der Waals surface area contributed by atoms with E-state index in [1.807, 2.05) is 37.2 Å². The van der Waals surface area contributed by atoms with Gasteiger partial charge in [-0.3, -0.25) is 0 Å². The molecule has 0 aliphatic heterocycles. The van der Waals surface area contributed by atoms with Gasteiger partial charge >= 0.3 is 0 Å². The Bertz CT molecular complexity index is 524. The van der Waals surface area contributed by atoms with Gasteiger partial charge in [0, 0.05) is 11.6 Å². The van der Waals surface area contributed by atoms with Gasteiger partial charge in [-0.25, -0.2) is 0 Å². The van der Waals surface area contributed by atoms with E-state index in [1.54, 1.807) is 24.3 Å². The maximum atomic E-state index is 12.4. The Balaban J connectivity index is 2.32. The van der Waals surface area contributed by atoms with Crippen molar-refractivity contribution in [2.75, 3.05) is 20.6 Å². The van der Waals surface area contributed by atoms with E-state index in [2.05, 4.69) is 0 Å². The minimum Gasteiger partial charge on any atom is -0.872 e. The third kappa shape index (κ3) is 2.84. The fraction of sp³-hybridized carbons (Fsp3) is 0.200. The molecule has 1 aromatic carbocycles. The highest BCUT2D eigenvalue weighted by Crippen LogP contribution is 2.26. The maximum absolute atomic E-state index is 12.4. The van der Waals surface area contributed by atoms with Gasteiger partial charge in [-0.05, 0) is 42.9 Å². The quantitative estimate of drug-likeness (QED) is 0.781. The molecule has 2 rings (SSSR count). The van der Waals surface area contributed by atoms with Crippen LogP contribution in [-0.4, -0.2) is 25.5 Å². The average molecular weight is 261 g/mol. The normalized spacial score (nSPS) is 17.2. The molecule has 0 spiro atoms. The van der Waals surface area contributed by atoms with Crippen molar-refractivity contribution in [2.24, 2.45) is 0 Å². The summed E-state index contributed by atoms with van der Waals surface area (Å²) in [6.45, 7) is 0.766. The molecule has 2 nitrogen and oxygen atoms in total. The molecule has 0 saturated heterocycles. The first-order valence-electron chi connectivity index (χ1n) is 5.77. The summed E-state index contributed by atoms with van der Waals surface area (Å²) in [5.41, 5.74) is 2.50. The van der Waals surface area contributed by atoms with Crippen molar-refractivity contribution in [3.05, 3.63) is 64.2 Å². The zero-order chi connectivity index (χ0) is 13.1. The minimum atomic E-state index is 0.0496. The van der Waals surface area contributed by atoms with Crippen LogP contribution in [0.3, 0.4) is 0 Å². The van der Waals surface area contributed by atoms with Gasteiger partial charge in [0.1, 0.15) is 0 Å². The average Bonchev–Trinajstić information content (AvgIpc) is 2.76. The number of allylic oxidation sites excluding steroid dienone is 3. The molecule has 0 N–H and O–H groups in total. The highest BCUT2D eigenvalue weighted by Gasteiger charge is 2.09. The molecule has 0 aromatic heterocycles. The Kier molecular flexibility index (Phi) is 3.90. The summed E-state index contributed by atoms with van der Waals surface area (Å²) >= 11 is 5.82. The third-order valence-electron chi connectivity index (χ3n) is 2.74. The zero-order valence-corrected chi connectivity index (χ0v) is 11.2. The largest absolute Gasteiger partial charge is 0.872 e. The molecule has 0 atom stereocenters. The molecule has 18 heavy (non-hydrogen) atoms. The maximum Gasteiger partial charge on any atom is 0.0406 e. The molecule has 3 heteroatoms. The number of hydrogen-bond donors (Lipinski definition) is 0. The van der Waals surface area contributed by atoms with E-state index in [9.17, 15) is 5.11 Å². The standard InChI is InChI=1S/C15H16ClNO/c1-17(2)10-12-4-3-5-14(12)15(18)11-6-8-13(16)9-7-11/h3-9,18H,10H2,1-2H3/p-1/b15-14-. The summed E-state index contributed by atoms with van der Waals surface area (Å²) in [5.74, 6) is 0.0496. The van der Waals surface area contributed by atoms with Crippen molar-refractivity contribution in [3.63, 3.8) is 0 Å².